The van der Waals surface area contributed by atoms with Crippen LogP contribution in [0.3, 0.4) is 0 Å². The van der Waals surface area contributed by atoms with Gasteiger partial charge in [0, 0.05) is 0 Å². The van der Waals surface area contributed by atoms with Crippen molar-refractivity contribution in [3.63, 3.8) is 0 Å². The highest BCUT2D eigenvalue weighted by molar-refractivity contribution is 5.73. The summed E-state index contributed by atoms with van der Waals surface area (Å²) in [6.45, 7) is 0. The first kappa shape index (κ1) is 7.72. The Morgan fingerprint density at radius 2 is 2.23 bits per heavy atom. The molecule has 0 radical (unpaired) electrons. The Morgan fingerprint density at radius 1 is 1.46 bits per heavy atom. The molecule has 66 valence electrons. The second-order valence-electron chi connectivity index (χ2n) is 2.46. The third-order valence-corrected chi connectivity index (χ3v) is 1.73. The van der Waals surface area contributed by atoms with Crippen LogP contribution in [0.25, 0.3) is 5.78 Å². The number of ether oxygens (including phenoxy) is 1. The third kappa shape index (κ3) is 1.14. The van der Waals surface area contributed by atoms with Crippen LogP contribution in [0, 0.1) is 0 Å². The lowest BCUT2D eigenvalue weighted by Crippen LogP contribution is -1.94. The maximum absolute atomic E-state index is 10.6. The van der Waals surface area contributed by atoms with Gasteiger partial charge in [-0.1, -0.05) is 0 Å². The quantitative estimate of drug-likeness (QED) is 0.628. The van der Waals surface area contributed by atoms with E-state index in [0.29, 0.717) is 17.2 Å². The summed E-state index contributed by atoms with van der Waals surface area (Å²) in [5, 5.41) is 0. The maximum atomic E-state index is 10.6. The fraction of sp³-hybridized carbons (Fsp3) is 0.125. The van der Waals surface area contributed by atoms with Crippen molar-refractivity contribution in [1.29, 1.82) is 0 Å². The van der Waals surface area contributed by atoms with Crippen LogP contribution in [0.5, 0.6) is 5.75 Å². The number of hydrogen-bond acceptors (Lipinski definition) is 4. The van der Waals surface area contributed by atoms with Crippen LogP contribution >= 0.6 is 0 Å². The van der Waals surface area contributed by atoms with Gasteiger partial charge in [-0.15, -0.1) is 0 Å². The second-order valence-corrected chi connectivity index (χ2v) is 2.46. The molecule has 0 fully saturated rings. The van der Waals surface area contributed by atoms with Gasteiger partial charge in [-0.2, -0.15) is 0 Å². The van der Waals surface area contributed by atoms with Crippen LogP contribution < -0.4 is 4.74 Å². The van der Waals surface area contributed by atoms with Crippen molar-refractivity contribution in [1.82, 2.24) is 14.4 Å². The number of imidazole rings is 1. The smallest absolute Gasteiger partial charge is 0.234 e. The average Bonchev–Trinajstić information content (AvgIpc) is 2.59. The first-order valence-electron chi connectivity index (χ1n) is 3.67. The topological polar surface area (TPSA) is 56.5 Å². The zero-order valence-corrected chi connectivity index (χ0v) is 6.97. The number of nitrogens with zero attached hydrogens (tertiary/aromatic N) is 3. The van der Waals surface area contributed by atoms with Crippen LogP contribution in [-0.4, -0.2) is 27.8 Å². The van der Waals surface area contributed by atoms with E-state index < -0.39 is 0 Å². The van der Waals surface area contributed by atoms with Gasteiger partial charge in [0.1, 0.15) is 5.69 Å². The molecule has 0 aliphatic rings. The summed E-state index contributed by atoms with van der Waals surface area (Å²) >= 11 is 0. The lowest BCUT2D eigenvalue weighted by Gasteiger charge is -1.99. The zero-order chi connectivity index (χ0) is 9.26. The number of hydrogen-bond donors (Lipinski definition) is 0. The van der Waals surface area contributed by atoms with Gasteiger partial charge in [0.25, 0.3) is 0 Å². The molecule has 0 bridgehead atoms. The van der Waals surface area contributed by atoms with Crippen LogP contribution in [0.1, 0.15) is 10.5 Å². The Hall–Kier alpha value is -1.91. The van der Waals surface area contributed by atoms with Crippen LogP contribution in [0.15, 0.2) is 18.6 Å². The number of carbonyl (C=O) groups is 1. The number of methoxy groups -OCH3 is 1. The predicted octanol–water partition coefficient (Wildman–Crippen LogP) is 0.550. The number of carbonyl (C=O) groups excluding carboxylic acids is 1. The summed E-state index contributed by atoms with van der Waals surface area (Å²) in [4.78, 5) is 18.5. The van der Waals surface area contributed by atoms with Crippen molar-refractivity contribution in [3.05, 3.63) is 24.3 Å². The molecular weight excluding hydrogens is 170 g/mol. The highest BCUT2D eigenvalue weighted by atomic mass is 16.5. The van der Waals surface area contributed by atoms with Crippen LogP contribution in [0.2, 0.25) is 0 Å². The van der Waals surface area contributed by atoms with E-state index in [-0.39, 0.29) is 0 Å². The summed E-state index contributed by atoms with van der Waals surface area (Å²) in [7, 11) is 1.54. The molecule has 0 unspecified atom stereocenters. The predicted molar refractivity (Wildman–Crippen MR) is 44.9 cm³/mol. The number of rotatable bonds is 2. The zero-order valence-electron chi connectivity index (χ0n) is 6.97. The summed E-state index contributed by atoms with van der Waals surface area (Å²) in [6, 6.07) is 0. The summed E-state index contributed by atoms with van der Waals surface area (Å²) in [5.41, 5.74) is 0.460. The molecule has 0 aromatic carbocycles. The minimum absolute atomic E-state index is 0.460. The molecule has 2 rings (SSSR count). The van der Waals surface area contributed by atoms with Gasteiger partial charge in [0.2, 0.25) is 5.78 Å². The molecular formula is C8H7N3O2. The highest BCUT2D eigenvalue weighted by Crippen LogP contribution is 2.10. The molecule has 0 saturated carbocycles. The standard InChI is InChI=1S/C8H7N3O2/c1-13-7-3-10-8-9-2-6(5-12)11(8)4-7/h2-5H,1H3. The van der Waals surface area contributed by atoms with Crippen molar-refractivity contribution < 1.29 is 9.53 Å². The van der Waals surface area contributed by atoms with E-state index in [1.165, 1.54) is 6.20 Å². The molecule has 0 aliphatic heterocycles. The van der Waals surface area contributed by atoms with E-state index in [1.807, 2.05) is 0 Å². The second kappa shape index (κ2) is 2.85. The molecule has 13 heavy (non-hydrogen) atoms. The Bertz CT molecular complexity index is 450. The van der Waals surface area contributed by atoms with E-state index in [4.69, 9.17) is 4.74 Å². The Labute approximate surface area is 74.0 Å². The molecule has 5 heteroatoms. The Kier molecular flexibility index (Phi) is 1.70. The molecule has 0 N–H and O–H groups in total. The summed E-state index contributed by atoms with van der Waals surface area (Å²) in [6.07, 6.45) is 5.41. The van der Waals surface area contributed by atoms with Gasteiger partial charge in [-0.05, 0) is 0 Å². The summed E-state index contributed by atoms with van der Waals surface area (Å²) in [5.74, 6) is 1.08. The van der Waals surface area contributed by atoms with Crippen molar-refractivity contribution in [2.24, 2.45) is 0 Å². The van der Waals surface area contributed by atoms with E-state index in [1.54, 1.807) is 23.9 Å². The molecule has 0 spiro atoms. The van der Waals surface area contributed by atoms with Crippen LogP contribution in [-0.2, 0) is 0 Å². The van der Waals surface area contributed by atoms with E-state index in [2.05, 4.69) is 9.97 Å². The van der Waals surface area contributed by atoms with E-state index >= 15 is 0 Å². The Balaban J connectivity index is 2.71. The fourth-order valence-electron chi connectivity index (χ4n) is 1.07. The van der Waals surface area contributed by atoms with Gasteiger partial charge < -0.3 is 4.74 Å². The molecule has 5 nitrogen and oxygen atoms in total. The first-order valence-corrected chi connectivity index (χ1v) is 3.67. The van der Waals surface area contributed by atoms with Crippen molar-refractivity contribution in [3.8, 4) is 5.75 Å². The van der Waals surface area contributed by atoms with Crippen molar-refractivity contribution >= 4 is 12.1 Å². The SMILES string of the molecule is COc1cnc2ncc(C=O)n2c1. The third-order valence-electron chi connectivity index (χ3n) is 1.73. The minimum atomic E-state index is 0.460. The highest BCUT2D eigenvalue weighted by Gasteiger charge is 2.03. The molecule has 0 atom stereocenters. The Morgan fingerprint density at radius 3 is 2.92 bits per heavy atom. The molecule has 0 aliphatic carbocycles. The number of aromatic nitrogens is 3. The normalized spacial score (nSPS) is 10.2. The number of aldehydes is 1. The largest absolute Gasteiger partial charge is 0.494 e. The van der Waals surface area contributed by atoms with Crippen molar-refractivity contribution in [2.75, 3.05) is 7.11 Å². The average molecular weight is 177 g/mol. The first-order chi connectivity index (χ1) is 6.35. The molecule has 2 heterocycles. The monoisotopic (exact) mass is 177 g/mol. The van der Waals surface area contributed by atoms with Gasteiger partial charge in [-0.3, -0.25) is 9.20 Å². The summed E-state index contributed by atoms with van der Waals surface area (Å²) < 4.78 is 6.54. The molecule has 2 aromatic heterocycles. The van der Waals surface area contributed by atoms with Gasteiger partial charge in [0.05, 0.1) is 25.7 Å². The van der Waals surface area contributed by atoms with Crippen LogP contribution in [0.4, 0.5) is 0 Å². The lowest BCUT2D eigenvalue weighted by atomic mass is 10.5. The van der Waals surface area contributed by atoms with Gasteiger partial charge >= 0.3 is 0 Å². The van der Waals surface area contributed by atoms with E-state index in [0.717, 1.165) is 6.29 Å². The van der Waals surface area contributed by atoms with Gasteiger partial charge in [-0.25, -0.2) is 9.97 Å². The lowest BCUT2D eigenvalue weighted by molar-refractivity contribution is 0.111. The van der Waals surface area contributed by atoms with E-state index in [9.17, 15) is 4.79 Å². The fourth-order valence-corrected chi connectivity index (χ4v) is 1.07. The molecule has 0 saturated heterocycles. The van der Waals surface area contributed by atoms with Crippen molar-refractivity contribution in [2.45, 2.75) is 0 Å². The molecule has 0 amide bonds. The minimum Gasteiger partial charge on any atom is -0.494 e. The van der Waals surface area contributed by atoms with Gasteiger partial charge in [0.15, 0.2) is 12.0 Å². The number of fused-ring (bicyclic) bond motifs is 1. The molecule has 2 aromatic rings. The maximum Gasteiger partial charge on any atom is 0.234 e.